The second kappa shape index (κ2) is 5.76. The maximum atomic E-state index is 5.97. The fourth-order valence-electron chi connectivity index (χ4n) is 2.84. The summed E-state index contributed by atoms with van der Waals surface area (Å²) in [6, 6.07) is 0.501. The zero-order valence-corrected chi connectivity index (χ0v) is 12.5. The van der Waals surface area contributed by atoms with Gasteiger partial charge in [-0.1, -0.05) is 33.6 Å². The molecule has 0 spiro atoms. The van der Waals surface area contributed by atoms with Crippen LogP contribution in [-0.4, -0.2) is 16.0 Å². The molecule has 2 rings (SSSR count). The Bertz CT molecular complexity index is 444. The lowest BCUT2D eigenvalue weighted by atomic mass is 9.78. The van der Waals surface area contributed by atoms with E-state index in [9.17, 15) is 0 Å². The van der Waals surface area contributed by atoms with Crippen molar-refractivity contribution in [2.45, 2.75) is 59.4 Å². The Hall–Kier alpha value is -1.32. The first kappa shape index (κ1) is 14.1. The van der Waals surface area contributed by atoms with Crippen molar-refractivity contribution >= 4 is 11.6 Å². The molecule has 1 aliphatic rings. The molecule has 3 N–H and O–H groups in total. The van der Waals surface area contributed by atoms with Crippen molar-refractivity contribution in [3.63, 3.8) is 0 Å². The zero-order valence-electron chi connectivity index (χ0n) is 12.5. The fourth-order valence-corrected chi connectivity index (χ4v) is 2.84. The third kappa shape index (κ3) is 2.99. The molecule has 0 aliphatic heterocycles. The summed E-state index contributed by atoms with van der Waals surface area (Å²) < 4.78 is 0. The third-order valence-corrected chi connectivity index (χ3v) is 4.57. The van der Waals surface area contributed by atoms with Crippen LogP contribution < -0.4 is 11.1 Å². The van der Waals surface area contributed by atoms with Gasteiger partial charge in [0, 0.05) is 18.0 Å². The maximum absolute atomic E-state index is 5.97. The minimum atomic E-state index is 0.501. The Morgan fingerprint density at radius 3 is 2.68 bits per heavy atom. The summed E-state index contributed by atoms with van der Waals surface area (Å²) in [4.78, 5) is 8.91. The van der Waals surface area contributed by atoms with Crippen molar-refractivity contribution in [2.24, 2.45) is 11.8 Å². The molecule has 0 amide bonds. The summed E-state index contributed by atoms with van der Waals surface area (Å²) in [5.41, 5.74) is 6.95. The molecule has 1 aromatic rings. The number of aromatic nitrogens is 2. The predicted octanol–water partition coefficient (Wildman–Crippen LogP) is 3.17. The number of nitrogen functional groups attached to an aromatic ring is 1. The van der Waals surface area contributed by atoms with Gasteiger partial charge in [0.2, 0.25) is 0 Å². The summed E-state index contributed by atoms with van der Waals surface area (Å²) in [6.07, 6.45) is 4.67. The second-order valence-electron chi connectivity index (χ2n) is 5.87. The largest absolute Gasteiger partial charge is 0.383 e. The number of nitrogens with zero attached hydrogens (tertiary/aromatic N) is 2. The van der Waals surface area contributed by atoms with E-state index in [0.717, 1.165) is 29.5 Å². The van der Waals surface area contributed by atoms with Crippen LogP contribution in [0.1, 0.15) is 51.4 Å². The van der Waals surface area contributed by atoms with E-state index in [2.05, 4.69) is 36.1 Å². The highest BCUT2D eigenvalue weighted by Gasteiger charge is 2.27. The average Bonchev–Trinajstić information content (AvgIpc) is 2.39. The molecule has 4 heteroatoms. The Balaban J connectivity index is 2.20. The van der Waals surface area contributed by atoms with E-state index in [1.165, 1.54) is 19.3 Å². The van der Waals surface area contributed by atoms with Crippen LogP contribution in [0.15, 0.2) is 0 Å². The molecule has 3 unspecified atom stereocenters. The van der Waals surface area contributed by atoms with Crippen LogP contribution in [0.5, 0.6) is 0 Å². The quantitative estimate of drug-likeness (QED) is 0.878. The predicted molar refractivity (Wildman–Crippen MR) is 80.1 cm³/mol. The molecule has 1 heterocycles. The Kier molecular flexibility index (Phi) is 4.27. The van der Waals surface area contributed by atoms with Gasteiger partial charge in [-0.2, -0.15) is 0 Å². The Morgan fingerprint density at radius 1 is 1.26 bits per heavy atom. The standard InChI is InChI=1S/C15H26N4/c1-5-13-18-14(16)11(4)15(19-13)17-12-8-6-7-9(2)10(12)3/h9-10,12H,5-8H2,1-4H3,(H3,16,17,18,19). The van der Waals surface area contributed by atoms with Crippen LogP contribution >= 0.6 is 0 Å². The highest BCUT2D eigenvalue weighted by molar-refractivity contribution is 5.55. The summed E-state index contributed by atoms with van der Waals surface area (Å²) >= 11 is 0. The molecule has 106 valence electrons. The van der Waals surface area contributed by atoms with Gasteiger partial charge in [-0.05, 0) is 25.2 Å². The van der Waals surface area contributed by atoms with Crippen molar-refractivity contribution in [1.29, 1.82) is 0 Å². The number of nitrogens with two attached hydrogens (primary N) is 1. The van der Waals surface area contributed by atoms with Crippen LogP contribution in [0.2, 0.25) is 0 Å². The van der Waals surface area contributed by atoms with Gasteiger partial charge in [0.1, 0.15) is 17.5 Å². The molecule has 1 saturated carbocycles. The van der Waals surface area contributed by atoms with E-state index in [1.54, 1.807) is 0 Å². The average molecular weight is 262 g/mol. The van der Waals surface area contributed by atoms with Crippen LogP contribution in [0.4, 0.5) is 11.6 Å². The van der Waals surface area contributed by atoms with Gasteiger partial charge >= 0.3 is 0 Å². The van der Waals surface area contributed by atoms with E-state index >= 15 is 0 Å². The first-order valence-electron chi connectivity index (χ1n) is 7.42. The molecule has 3 atom stereocenters. The molecular weight excluding hydrogens is 236 g/mol. The number of rotatable bonds is 3. The van der Waals surface area contributed by atoms with Gasteiger partial charge in [0.25, 0.3) is 0 Å². The Labute approximate surface area is 116 Å². The van der Waals surface area contributed by atoms with Crippen LogP contribution in [0.3, 0.4) is 0 Å². The van der Waals surface area contributed by atoms with Gasteiger partial charge in [0.05, 0.1) is 0 Å². The van der Waals surface area contributed by atoms with Crippen molar-refractivity contribution in [2.75, 3.05) is 11.1 Å². The SMILES string of the molecule is CCc1nc(N)c(C)c(NC2CCCC(C)C2C)n1. The molecule has 0 saturated heterocycles. The molecule has 0 bridgehead atoms. The summed E-state index contributed by atoms with van der Waals surface area (Å²) in [5, 5.41) is 3.61. The van der Waals surface area contributed by atoms with E-state index in [0.29, 0.717) is 17.8 Å². The van der Waals surface area contributed by atoms with Crippen LogP contribution in [0, 0.1) is 18.8 Å². The van der Waals surface area contributed by atoms with Crippen molar-refractivity contribution < 1.29 is 0 Å². The van der Waals surface area contributed by atoms with Gasteiger partial charge < -0.3 is 11.1 Å². The van der Waals surface area contributed by atoms with Gasteiger partial charge in [-0.15, -0.1) is 0 Å². The van der Waals surface area contributed by atoms with Crippen LogP contribution in [0.25, 0.3) is 0 Å². The molecule has 1 aliphatic carbocycles. The van der Waals surface area contributed by atoms with Gasteiger partial charge in [0.15, 0.2) is 0 Å². The van der Waals surface area contributed by atoms with Crippen LogP contribution in [-0.2, 0) is 6.42 Å². The summed E-state index contributed by atoms with van der Waals surface area (Å²) in [6.45, 7) is 8.73. The summed E-state index contributed by atoms with van der Waals surface area (Å²) in [5.74, 6) is 3.80. The van der Waals surface area contributed by atoms with Crippen molar-refractivity contribution in [3.05, 3.63) is 11.4 Å². The topological polar surface area (TPSA) is 63.8 Å². The molecular formula is C15H26N4. The number of hydrogen-bond donors (Lipinski definition) is 2. The van der Waals surface area contributed by atoms with Crippen molar-refractivity contribution in [1.82, 2.24) is 9.97 Å². The van der Waals surface area contributed by atoms with Gasteiger partial charge in [-0.25, -0.2) is 9.97 Å². The molecule has 1 fully saturated rings. The Morgan fingerprint density at radius 2 is 2.00 bits per heavy atom. The molecule has 4 nitrogen and oxygen atoms in total. The number of nitrogens with one attached hydrogen (secondary N) is 1. The minimum absolute atomic E-state index is 0.501. The molecule has 1 aromatic heterocycles. The van der Waals surface area contributed by atoms with E-state index in [4.69, 9.17) is 5.73 Å². The zero-order chi connectivity index (χ0) is 14.0. The van der Waals surface area contributed by atoms with E-state index in [1.807, 2.05) is 6.92 Å². The fraction of sp³-hybridized carbons (Fsp3) is 0.733. The second-order valence-corrected chi connectivity index (χ2v) is 5.87. The van der Waals surface area contributed by atoms with E-state index < -0.39 is 0 Å². The molecule has 0 aromatic carbocycles. The smallest absolute Gasteiger partial charge is 0.134 e. The highest BCUT2D eigenvalue weighted by Crippen LogP contribution is 2.32. The number of hydrogen-bond acceptors (Lipinski definition) is 4. The lowest BCUT2D eigenvalue weighted by Gasteiger charge is -2.35. The maximum Gasteiger partial charge on any atom is 0.134 e. The first-order chi connectivity index (χ1) is 9.02. The minimum Gasteiger partial charge on any atom is -0.383 e. The normalized spacial score (nSPS) is 27.3. The number of aryl methyl sites for hydroxylation is 1. The van der Waals surface area contributed by atoms with Crippen molar-refractivity contribution in [3.8, 4) is 0 Å². The highest BCUT2D eigenvalue weighted by atomic mass is 15.1. The summed E-state index contributed by atoms with van der Waals surface area (Å²) in [7, 11) is 0. The van der Waals surface area contributed by atoms with E-state index in [-0.39, 0.29) is 0 Å². The molecule has 0 radical (unpaired) electrons. The molecule has 19 heavy (non-hydrogen) atoms. The number of anilines is 2. The third-order valence-electron chi connectivity index (χ3n) is 4.57. The van der Waals surface area contributed by atoms with Gasteiger partial charge in [-0.3, -0.25) is 0 Å². The monoisotopic (exact) mass is 262 g/mol. The lowest BCUT2D eigenvalue weighted by Crippen LogP contribution is -2.35. The lowest BCUT2D eigenvalue weighted by molar-refractivity contribution is 0.253. The first-order valence-corrected chi connectivity index (χ1v) is 7.42.